The van der Waals surface area contributed by atoms with Crippen LogP contribution >= 0.6 is 0 Å². The summed E-state index contributed by atoms with van der Waals surface area (Å²) in [7, 11) is 1.87. The number of rotatable bonds is 0. The summed E-state index contributed by atoms with van der Waals surface area (Å²) in [5, 5.41) is 24.7. The van der Waals surface area contributed by atoms with Crippen LogP contribution < -0.4 is 10.2 Å². The molecule has 4 nitrogen and oxygen atoms in total. The van der Waals surface area contributed by atoms with Crippen LogP contribution in [0.15, 0.2) is 24.3 Å². The molecule has 0 spiro atoms. The number of anilines is 2. The molecule has 1 aliphatic rings. The van der Waals surface area contributed by atoms with Gasteiger partial charge in [-0.15, -0.1) is 0 Å². The van der Waals surface area contributed by atoms with E-state index < -0.39 is 0 Å². The highest BCUT2D eigenvalue weighted by Crippen LogP contribution is 2.50. The Morgan fingerprint density at radius 2 is 1.75 bits per heavy atom. The molecule has 1 heterocycles. The van der Waals surface area contributed by atoms with Gasteiger partial charge in [-0.1, -0.05) is 24.3 Å². The molecule has 0 aliphatic carbocycles. The Balaban J connectivity index is 2.49. The van der Waals surface area contributed by atoms with E-state index >= 15 is 0 Å². The van der Waals surface area contributed by atoms with Crippen molar-refractivity contribution in [2.75, 3.05) is 23.9 Å². The molecule has 0 saturated heterocycles. The minimum Gasteiger partial charge on any atom is -0.505 e. The first-order chi connectivity index (χ1) is 7.70. The molecule has 0 unspecified atom stereocenters. The topological polar surface area (TPSA) is 55.7 Å². The zero-order valence-corrected chi connectivity index (χ0v) is 8.86. The summed E-state index contributed by atoms with van der Waals surface area (Å²) in [5.74, 6) is 0.420. The summed E-state index contributed by atoms with van der Waals surface area (Å²) < 4.78 is 0. The molecule has 0 amide bonds. The molecule has 2 aromatic rings. The fourth-order valence-corrected chi connectivity index (χ4v) is 2.20. The Bertz CT molecular complexity index is 581. The van der Waals surface area contributed by atoms with Gasteiger partial charge in [0.25, 0.3) is 0 Å². The highest BCUT2D eigenvalue weighted by atomic mass is 16.3. The molecule has 0 aromatic heterocycles. The third kappa shape index (κ3) is 0.984. The van der Waals surface area contributed by atoms with Gasteiger partial charge < -0.3 is 20.4 Å². The fourth-order valence-electron chi connectivity index (χ4n) is 2.20. The SMILES string of the molecule is CN1CNc2c1c(O)c1ccccc1c2O. The lowest BCUT2D eigenvalue weighted by Gasteiger charge is -2.14. The molecule has 2 aromatic carbocycles. The molecule has 4 heteroatoms. The first-order valence-electron chi connectivity index (χ1n) is 5.12. The second-order valence-electron chi connectivity index (χ2n) is 4.00. The van der Waals surface area contributed by atoms with Gasteiger partial charge in [-0.2, -0.15) is 0 Å². The molecule has 3 N–H and O–H groups in total. The summed E-state index contributed by atoms with van der Waals surface area (Å²) in [6, 6.07) is 7.28. The van der Waals surface area contributed by atoms with Gasteiger partial charge in [0.2, 0.25) is 0 Å². The molecule has 0 fully saturated rings. The van der Waals surface area contributed by atoms with Crippen LogP contribution in [0, 0.1) is 0 Å². The average molecular weight is 216 g/mol. The number of aromatic hydroxyl groups is 2. The van der Waals surface area contributed by atoms with E-state index in [0.29, 0.717) is 28.8 Å². The lowest BCUT2D eigenvalue weighted by Crippen LogP contribution is -2.15. The van der Waals surface area contributed by atoms with E-state index in [0.717, 1.165) is 0 Å². The van der Waals surface area contributed by atoms with Crippen molar-refractivity contribution in [1.29, 1.82) is 0 Å². The van der Waals surface area contributed by atoms with E-state index in [2.05, 4.69) is 5.32 Å². The van der Waals surface area contributed by atoms with Crippen molar-refractivity contribution in [3.05, 3.63) is 24.3 Å². The van der Waals surface area contributed by atoms with Gasteiger partial charge in [0.1, 0.15) is 22.9 Å². The first-order valence-corrected chi connectivity index (χ1v) is 5.12. The van der Waals surface area contributed by atoms with Crippen LogP contribution in [0.2, 0.25) is 0 Å². The maximum absolute atomic E-state index is 10.2. The van der Waals surface area contributed by atoms with Crippen molar-refractivity contribution in [2.24, 2.45) is 0 Å². The molecule has 16 heavy (non-hydrogen) atoms. The summed E-state index contributed by atoms with van der Waals surface area (Å²) in [6.45, 7) is 0.590. The Morgan fingerprint density at radius 3 is 2.44 bits per heavy atom. The fraction of sp³-hybridized carbons (Fsp3) is 0.167. The predicted octanol–water partition coefficient (Wildman–Crippen LogP) is 2.07. The smallest absolute Gasteiger partial charge is 0.149 e. The molecule has 0 radical (unpaired) electrons. The van der Waals surface area contributed by atoms with E-state index in [9.17, 15) is 10.2 Å². The Labute approximate surface area is 92.7 Å². The van der Waals surface area contributed by atoms with Gasteiger partial charge in [-0.3, -0.25) is 0 Å². The van der Waals surface area contributed by atoms with Crippen LogP contribution in [0.3, 0.4) is 0 Å². The van der Waals surface area contributed by atoms with E-state index in [-0.39, 0.29) is 11.5 Å². The van der Waals surface area contributed by atoms with E-state index in [1.54, 1.807) is 12.1 Å². The minimum atomic E-state index is 0.202. The third-order valence-electron chi connectivity index (χ3n) is 3.01. The second kappa shape index (κ2) is 2.95. The molecule has 0 atom stereocenters. The largest absolute Gasteiger partial charge is 0.505 e. The van der Waals surface area contributed by atoms with Crippen LogP contribution in [-0.4, -0.2) is 23.9 Å². The van der Waals surface area contributed by atoms with Gasteiger partial charge in [0.05, 0.1) is 6.67 Å². The number of hydrogen-bond donors (Lipinski definition) is 3. The van der Waals surface area contributed by atoms with Gasteiger partial charge in [0, 0.05) is 17.8 Å². The minimum absolute atomic E-state index is 0.202. The summed E-state index contributed by atoms with van der Waals surface area (Å²) in [6.07, 6.45) is 0. The average Bonchev–Trinajstić information content (AvgIpc) is 2.69. The van der Waals surface area contributed by atoms with Crippen LogP contribution in [0.25, 0.3) is 10.8 Å². The molecular weight excluding hydrogens is 204 g/mol. The number of nitrogens with zero attached hydrogens (tertiary/aromatic N) is 1. The molecular formula is C12H12N2O2. The van der Waals surface area contributed by atoms with Crippen molar-refractivity contribution < 1.29 is 10.2 Å². The third-order valence-corrected chi connectivity index (χ3v) is 3.01. The predicted molar refractivity (Wildman–Crippen MR) is 64.2 cm³/mol. The maximum Gasteiger partial charge on any atom is 0.149 e. The normalized spacial score (nSPS) is 13.9. The van der Waals surface area contributed by atoms with E-state index in [1.165, 1.54) is 0 Å². The molecule has 82 valence electrons. The van der Waals surface area contributed by atoms with Crippen molar-refractivity contribution in [2.45, 2.75) is 0 Å². The zero-order valence-electron chi connectivity index (χ0n) is 8.86. The Morgan fingerprint density at radius 1 is 1.12 bits per heavy atom. The van der Waals surface area contributed by atoms with Crippen molar-refractivity contribution in [3.63, 3.8) is 0 Å². The van der Waals surface area contributed by atoms with Crippen LogP contribution in [0.1, 0.15) is 0 Å². The highest BCUT2D eigenvalue weighted by molar-refractivity contribution is 6.06. The first kappa shape index (κ1) is 9.15. The van der Waals surface area contributed by atoms with Gasteiger partial charge in [-0.05, 0) is 0 Å². The number of hydrogen-bond acceptors (Lipinski definition) is 4. The van der Waals surface area contributed by atoms with E-state index in [1.807, 2.05) is 24.1 Å². The standard InChI is InChI=1S/C12H12N2O2/c1-14-6-13-9-10(14)12(16)8-5-3-2-4-7(8)11(9)15/h2-5,13,15-16H,6H2,1H3. The van der Waals surface area contributed by atoms with Gasteiger partial charge in [-0.25, -0.2) is 0 Å². The summed E-state index contributed by atoms with van der Waals surface area (Å²) >= 11 is 0. The lowest BCUT2D eigenvalue weighted by molar-refractivity contribution is 0.473. The van der Waals surface area contributed by atoms with E-state index in [4.69, 9.17) is 0 Å². The van der Waals surface area contributed by atoms with Crippen molar-refractivity contribution in [3.8, 4) is 11.5 Å². The van der Waals surface area contributed by atoms with Crippen molar-refractivity contribution in [1.82, 2.24) is 0 Å². The number of benzene rings is 2. The monoisotopic (exact) mass is 216 g/mol. The Kier molecular flexibility index (Phi) is 1.68. The zero-order chi connectivity index (χ0) is 11.3. The molecule has 0 saturated carbocycles. The summed E-state index contributed by atoms with van der Waals surface area (Å²) in [5.41, 5.74) is 1.27. The number of phenols is 2. The number of nitrogens with one attached hydrogen (secondary N) is 1. The lowest BCUT2D eigenvalue weighted by atomic mass is 10.1. The van der Waals surface area contributed by atoms with Crippen LogP contribution in [0.4, 0.5) is 11.4 Å². The maximum atomic E-state index is 10.2. The summed E-state index contributed by atoms with van der Waals surface area (Å²) in [4.78, 5) is 1.87. The number of phenolic OH excluding ortho intramolecular Hbond substituents is 2. The van der Waals surface area contributed by atoms with Crippen LogP contribution in [0.5, 0.6) is 11.5 Å². The molecule has 3 rings (SSSR count). The molecule has 1 aliphatic heterocycles. The second-order valence-corrected chi connectivity index (χ2v) is 4.00. The number of fused-ring (bicyclic) bond motifs is 2. The van der Waals surface area contributed by atoms with Gasteiger partial charge >= 0.3 is 0 Å². The van der Waals surface area contributed by atoms with Crippen molar-refractivity contribution >= 4 is 22.1 Å². The molecule has 0 bridgehead atoms. The highest BCUT2D eigenvalue weighted by Gasteiger charge is 2.25. The quantitative estimate of drug-likeness (QED) is 0.466. The van der Waals surface area contributed by atoms with Gasteiger partial charge in [0.15, 0.2) is 0 Å². The van der Waals surface area contributed by atoms with Crippen LogP contribution in [-0.2, 0) is 0 Å². The Hall–Kier alpha value is -2.10.